The van der Waals surface area contributed by atoms with Gasteiger partial charge in [-0.25, -0.2) is 0 Å². The average molecular weight is 337 g/mol. The molecule has 0 aromatic heterocycles. The van der Waals surface area contributed by atoms with Crippen LogP contribution in [0, 0.1) is 5.92 Å². The van der Waals surface area contributed by atoms with Gasteiger partial charge in [-0.05, 0) is 25.8 Å². The first-order valence-electron chi connectivity index (χ1n) is 8.08. The third kappa shape index (κ3) is 3.44. The van der Waals surface area contributed by atoms with Crippen LogP contribution in [0.2, 0.25) is 5.02 Å². The molecule has 1 aliphatic heterocycles. The lowest BCUT2D eigenvalue weighted by atomic mass is 9.84. The molecule has 2 amide bonds. The van der Waals surface area contributed by atoms with Gasteiger partial charge in [-0.15, -0.1) is 0 Å². The Morgan fingerprint density at radius 1 is 1.30 bits per heavy atom. The van der Waals surface area contributed by atoms with Gasteiger partial charge in [0.2, 0.25) is 11.8 Å². The Balaban J connectivity index is 1.62. The summed E-state index contributed by atoms with van der Waals surface area (Å²) in [6, 6.07) is 4.83. The van der Waals surface area contributed by atoms with Gasteiger partial charge < -0.3 is 15.4 Å². The highest BCUT2D eigenvalue weighted by Gasteiger charge is 2.29. The van der Waals surface area contributed by atoms with E-state index in [0.29, 0.717) is 23.8 Å². The van der Waals surface area contributed by atoms with Gasteiger partial charge in [0.05, 0.1) is 17.7 Å². The Bertz CT molecular complexity index is 616. The highest BCUT2D eigenvalue weighted by molar-refractivity contribution is 6.32. The summed E-state index contributed by atoms with van der Waals surface area (Å²) >= 11 is 6.14. The number of hydrogen-bond acceptors (Lipinski definition) is 3. The molecule has 1 fully saturated rings. The fourth-order valence-corrected chi connectivity index (χ4v) is 3.14. The molecule has 2 atom stereocenters. The van der Waals surface area contributed by atoms with Crippen LogP contribution >= 0.6 is 11.6 Å². The number of benzene rings is 1. The zero-order chi connectivity index (χ0) is 16.4. The molecule has 0 unspecified atom stereocenters. The van der Waals surface area contributed by atoms with Crippen LogP contribution in [0.5, 0.6) is 5.75 Å². The third-order valence-corrected chi connectivity index (χ3v) is 4.87. The topological polar surface area (TPSA) is 67.4 Å². The van der Waals surface area contributed by atoms with Crippen LogP contribution in [0.25, 0.3) is 0 Å². The van der Waals surface area contributed by atoms with Crippen LogP contribution in [0.4, 0.5) is 0 Å². The summed E-state index contributed by atoms with van der Waals surface area (Å²) in [7, 11) is 0. The van der Waals surface area contributed by atoms with E-state index in [1.54, 1.807) is 13.0 Å². The van der Waals surface area contributed by atoms with E-state index in [2.05, 4.69) is 10.6 Å². The first-order valence-corrected chi connectivity index (χ1v) is 8.46. The molecule has 0 spiro atoms. The monoisotopic (exact) mass is 336 g/mol. The normalized spacial score (nSPS) is 21.4. The molecule has 0 saturated heterocycles. The smallest absolute Gasteiger partial charge is 0.242 e. The van der Waals surface area contributed by atoms with E-state index in [0.717, 1.165) is 24.8 Å². The number of amides is 2. The van der Waals surface area contributed by atoms with Crippen molar-refractivity contribution in [1.29, 1.82) is 0 Å². The van der Waals surface area contributed by atoms with E-state index in [1.807, 2.05) is 12.1 Å². The van der Waals surface area contributed by atoms with Crippen molar-refractivity contribution in [2.45, 2.75) is 44.7 Å². The van der Waals surface area contributed by atoms with E-state index in [9.17, 15) is 9.59 Å². The Kier molecular flexibility index (Phi) is 4.76. The maximum absolute atomic E-state index is 12.4. The summed E-state index contributed by atoms with van der Waals surface area (Å²) in [5, 5.41) is 6.34. The van der Waals surface area contributed by atoms with Crippen LogP contribution in [0.15, 0.2) is 18.2 Å². The van der Waals surface area contributed by atoms with E-state index in [-0.39, 0.29) is 23.8 Å². The largest absolute Gasteiger partial charge is 0.492 e. The molecule has 124 valence electrons. The molecule has 0 radical (unpaired) electrons. The van der Waals surface area contributed by atoms with Crippen LogP contribution in [0.1, 0.15) is 44.2 Å². The van der Waals surface area contributed by atoms with Gasteiger partial charge in [-0.1, -0.05) is 30.2 Å². The maximum atomic E-state index is 12.4. The number of carbonyl (C=O) groups excluding carboxylic acids is 2. The van der Waals surface area contributed by atoms with Crippen molar-refractivity contribution in [3.8, 4) is 5.75 Å². The molecule has 1 heterocycles. The fraction of sp³-hybridized carbons (Fsp3) is 0.529. The van der Waals surface area contributed by atoms with Gasteiger partial charge in [-0.3, -0.25) is 9.59 Å². The Morgan fingerprint density at radius 2 is 2.09 bits per heavy atom. The highest BCUT2D eigenvalue weighted by Crippen LogP contribution is 2.37. The van der Waals surface area contributed by atoms with E-state index in [4.69, 9.17) is 16.3 Å². The van der Waals surface area contributed by atoms with Crippen molar-refractivity contribution >= 4 is 23.4 Å². The highest BCUT2D eigenvalue weighted by atomic mass is 35.5. The summed E-state index contributed by atoms with van der Waals surface area (Å²) in [6.07, 6.45) is 3.62. The zero-order valence-corrected chi connectivity index (χ0v) is 13.9. The number of para-hydroxylation sites is 1. The molecule has 2 aliphatic rings. The van der Waals surface area contributed by atoms with Crippen LogP contribution in [0.3, 0.4) is 0 Å². The molecule has 5 nitrogen and oxygen atoms in total. The van der Waals surface area contributed by atoms with E-state index in [1.165, 1.54) is 0 Å². The van der Waals surface area contributed by atoms with Gasteiger partial charge in [0.15, 0.2) is 0 Å². The molecule has 6 heteroatoms. The minimum atomic E-state index is -0.548. The predicted molar refractivity (Wildman–Crippen MR) is 87.4 cm³/mol. The number of hydrogen-bond donors (Lipinski definition) is 2. The summed E-state index contributed by atoms with van der Waals surface area (Å²) in [5.74, 6) is 0.509. The van der Waals surface area contributed by atoms with Crippen molar-refractivity contribution in [1.82, 2.24) is 10.6 Å². The van der Waals surface area contributed by atoms with Crippen molar-refractivity contribution in [3.05, 3.63) is 28.8 Å². The Hall–Kier alpha value is -1.75. The lowest BCUT2D eigenvalue weighted by Gasteiger charge is -2.29. The second-order valence-electron chi connectivity index (χ2n) is 6.21. The van der Waals surface area contributed by atoms with Crippen LogP contribution < -0.4 is 15.4 Å². The number of ether oxygens (including phenoxy) is 1. The molecular formula is C17H21ClN2O3. The average Bonchev–Trinajstić information content (AvgIpc) is 2.46. The van der Waals surface area contributed by atoms with Crippen LogP contribution in [-0.4, -0.2) is 24.5 Å². The summed E-state index contributed by atoms with van der Waals surface area (Å²) < 4.78 is 5.59. The number of halogens is 1. The minimum absolute atomic E-state index is 0.0191. The minimum Gasteiger partial charge on any atom is -0.492 e. The molecular weight excluding hydrogens is 316 g/mol. The molecule has 1 aromatic carbocycles. The number of fused-ring (bicyclic) bond motifs is 1. The van der Waals surface area contributed by atoms with E-state index < -0.39 is 6.04 Å². The summed E-state index contributed by atoms with van der Waals surface area (Å²) in [4.78, 5) is 24.3. The fourth-order valence-electron chi connectivity index (χ4n) is 2.90. The molecule has 1 aromatic rings. The quantitative estimate of drug-likeness (QED) is 0.888. The molecule has 1 aliphatic carbocycles. The van der Waals surface area contributed by atoms with Crippen molar-refractivity contribution < 1.29 is 14.3 Å². The lowest BCUT2D eigenvalue weighted by molar-refractivity contribution is -0.132. The molecule has 3 rings (SSSR count). The molecule has 23 heavy (non-hydrogen) atoms. The van der Waals surface area contributed by atoms with Crippen molar-refractivity contribution in [2.24, 2.45) is 5.92 Å². The third-order valence-electron chi connectivity index (χ3n) is 4.57. The number of rotatable bonds is 4. The van der Waals surface area contributed by atoms with Gasteiger partial charge in [0.25, 0.3) is 0 Å². The predicted octanol–water partition coefficient (Wildman–Crippen LogP) is 2.58. The second-order valence-corrected chi connectivity index (χ2v) is 6.62. The van der Waals surface area contributed by atoms with Gasteiger partial charge in [-0.2, -0.15) is 0 Å². The van der Waals surface area contributed by atoms with Crippen LogP contribution in [-0.2, 0) is 9.59 Å². The number of nitrogens with one attached hydrogen (secondary N) is 2. The van der Waals surface area contributed by atoms with Gasteiger partial charge in [0.1, 0.15) is 11.8 Å². The first-order chi connectivity index (χ1) is 11.1. The lowest BCUT2D eigenvalue weighted by Crippen LogP contribution is -2.48. The maximum Gasteiger partial charge on any atom is 0.242 e. The molecule has 1 saturated carbocycles. The Labute approximate surface area is 140 Å². The first kappa shape index (κ1) is 16.1. The Morgan fingerprint density at radius 3 is 2.78 bits per heavy atom. The van der Waals surface area contributed by atoms with Gasteiger partial charge in [0, 0.05) is 17.9 Å². The van der Waals surface area contributed by atoms with Gasteiger partial charge >= 0.3 is 0 Å². The number of carbonyl (C=O) groups is 2. The second kappa shape index (κ2) is 6.79. The van der Waals surface area contributed by atoms with Crippen molar-refractivity contribution in [3.63, 3.8) is 0 Å². The molecule has 2 N–H and O–H groups in total. The molecule has 0 bridgehead atoms. The SMILES string of the molecule is C[C@H](NC(=O)C1CCC1)C(=O)N[C@H]1CCOc2c(Cl)cccc21. The summed E-state index contributed by atoms with van der Waals surface area (Å²) in [6.45, 7) is 2.22. The summed E-state index contributed by atoms with van der Waals surface area (Å²) in [5.41, 5.74) is 0.884. The zero-order valence-electron chi connectivity index (χ0n) is 13.1. The van der Waals surface area contributed by atoms with Crippen molar-refractivity contribution in [2.75, 3.05) is 6.61 Å². The van der Waals surface area contributed by atoms with E-state index >= 15 is 0 Å². The standard InChI is InChI=1S/C17H21ClN2O3/c1-10(19-17(22)11-4-2-5-11)16(21)20-14-8-9-23-15-12(14)6-3-7-13(15)18/h3,6-7,10-11,14H,2,4-5,8-9H2,1H3,(H,19,22)(H,20,21)/t10-,14-/m0/s1.